The minimum atomic E-state index is -0.0979. The lowest BCUT2D eigenvalue weighted by Crippen LogP contribution is -2.24. The molecular formula is C13H17BrN4O. The SMILES string of the molecule is OC1CCC(CNc2nc(Br)cn3ccnc23)CC1. The lowest BCUT2D eigenvalue weighted by atomic mass is 9.87. The largest absolute Gasteiger partial charge is 0.393 e. The fourth-order valence-corrected chi connectivity index (χ4v) is 3.01. The van der Waals surface area contributed by atoms with Gasteiger partial charge in [0.2, 0.25) is 0 Å². The number of halogens is 1. The number of hydrogen-bond acceptors (Lipinski definition) is 4. The summed E-state index contributed by atoms with van der Waals surface area (Å²) >= 11 is 3.41. The molecule has 1 aliphatic rings. The molecule has 0 aliphatic heterocycles. The second-order valence-corrected chi connectivity index (χ2v) is 5.94. The highest BCUT2D eigenvalue weighted by molar-refractivity contribution is 9.10. The Balaban J connectivity index is 1.69. The monoisotopic (exact) mass is 324 g/mol. The number of hydrogen-bond donors (Lipinski definition) is 2. The molecule has 19 heavy (non-hydrogen) atoms. The van der Waals surface area contributed by atoms with Gasteiger partial charge in [0.15, 0.2) is 11.5 Å². The summed E-state index contributed by atoms with van der Waals surface area (Å²) in [7, 11) is 0. The highest BCUT2D eigenvalue weighted by Crippen LogP contribution is 2.25. The molecule has 1 saturated carbocycles. The second kappa shape index (κ2) is 5.46. The van der Waals surface area contributed by atoms with Crippen LogP contribution in [0.4, 0.5) is 5.82 Å². The molecule has 0 unspecified atom stereocenters. The van der Waals surface area contributed by atoms with Gasteiger partial charge in [-0.05, 0) is 47.5 Å². The summed E-state index contributed by atoms with van der Waals surface area (Å²) in [6, 6.07) is 0. The molecule has 0 spiro atoms. The molecule has 0 aromatic carbocycles. The Morgan fingerprint density at radius 3 is 2.95 bits per heavy atom. The van der Waals surface area contributed by atoms with E-state index in [0.29, 0.717) is 5.92 Å². The van der Waals surface area contributed by atoms with Crippen molar-refractivity contribution in [3.05, 3.63) is 23.2 Å². The Bertz CT molecular complexity index is 563. The van der Waals surface area contributed by atoms with Crippen LogP contribution in [-0.2, 0) is 0 Å². The smallest absolute Gasteiger partial charge is 0.180 e. The Kier molecular flexibility index (Phi) is 3.70. The van der Waals surface area contributed by atoms with E-state index in [0.717, 1.165) is 48.3 Å². The zero-order valence-electron chi connectivity index (χ0n) is 10.6. The van der Waals surface area contributed by atoms with E-state index in [1.807, 2.05) is 16.8 Å². The van der Waals surface area contributed by atoms with Gasteiger partial charge in [0.05, 0.1) is 6.10 Å². The number of anilines is 1. The molecule has 102 valence electrons. The Hall–Kier alpha value is -1.14. The minimum Gasteiger partial charge on any atom is -0.393 e. The van der Waals surface area contributed by atoms with Crippen molar-refractivity contribution >= 4 is 27.4 Å². The number of imidazole rings is 1. The third-order valence-electron chi connectivity index (χ3n) is 3.72. The van der Waals surface area contributed by atoms with Crippen LogP contribution in [0, 0.1) is 5.92 Å². The molecule has 3 rings (SSSR count). The lowest BCUT2D eigenvalue weighted by molar-refractivity contribution is 0.111. The van der Waals surface area contributed by atoms with E-state index >= 15 is 0 Å². The van der Waals surface area contributed by atoms with Crippen LogP contribution in [0.25, 0.3) is 5.65 Å². The van der Waals surface area contributed by atoms with Crippen LogP contribution in [0.15, 0.2) is 23.2 Å². The van der Waals surface area contributed by atoms with Crippen LogP contribution in [0.5, 0.6) is 0 Å². The van der Waals surface area contributed by atoms with Crippen molar-refractivity contribution in [3.63, 3.8) is 0 Å². The Morgan fingerprint density at radius 2 is 2.16 bits per heavy atom. The second-order valence-electron chi connectivity index (χ2n) is 5.13. The predicted octanol–water partition coefficient (Wildman–Crippen LogP) is 2.45. The number of aromatic nitrogens is 3. The van der Waals surface area contributed by atoms with Crippen molar-refractivity contribution in [1.82, 2.24) is 14.4 Å². The highest BCUT2D eigenvalue weighted by Gasteiger charge is 2.19. The van der Waals surface area contributed by atoms with E-state index in [2.05, 4.69) is 31.2 Å². The first-order valence-corrected chi connectivity index (χ1v) is 7.43. The van der Waals surface area contributed by atoms with Crippen molar-refractivity contribution in [2.75, 3.05) is 11.9 Å². The molecule has 2 aromatic heterocycles. The number of nitrogens with one attached hydrogen (secondary N) is 1. The number of aliphatic hydroxyl groups is 1. The number of aliphatic hydroxyl groups excluding tert-OH is 1. The fraction of sp³-hybridized carbons (Fsp3) is 0.538. The molecule has 0 radical (unpaired) electrons. The van der Waals surface area contributed by atoms with Crippen LogP contribution < -0.4 is 5.32 Å². The lowest BCUT2D eigenvalue weighted by Gasteiger charge is -2.25. The van der Waals surface area contributed by atoms with Gasteiger partial charge in [0.25, 0.3) is 0 Å². The van der Waals surface area contributed by atoms with Crippen molar-refractivity contribution in [3.8, 4) is 0 Å². The molecular weight excluding hydrogens is 308 g/mol. The first-order valence-electron chi connectivity index (χ1n) is 6.63. The molecule has 0 saturated heterocycles. The summed E-state index contributed by atoms with van der Waals surface area (Å²) in [5, 5.41) is 12.9. The van der Waals surface area contributed by atoms with Gasteiger partial charge in [0.1, 0.15) is 4.60 Å². The number of nitrogens with zero attached hydrogens (tertiary/aromatic N) is 3. The highest BCUT2D eigenvalue weighted by atomic mass is 79.9. The predicted molar refractivity (Wildman–Crippen MR) is 77.1 cm³/mol. The van der Waals surface area contributed by atoms with Crippen molar-refractivity contribution < 1.29 is 5.11 Å². The molecule has 2 N–H and O–H groups in total. The van der Waals surface area contributed by atoms with Gasteiger partial charge < -0.3 is 14.8 Å². The van der Waals surface area contributed by atoms with Gasteiger partial charge in [-0.2, -0.15) is 0 Å². The standard InChI is InChI=1S/C13H17BrN4O/c14-11-8-18-6-5-15-13(18)12(17-11)16-7-9-1-3-10(19)4-2-9/h5-6,8-10,19H,1-4,7H2,(H,16,17). The van der Waals surface area contributed by atoms with Crippen molar-refractivity contribution in [1.29, 1.82) is 0 Å². The summed E-state index contributed by atoms with van der Waals surface area (Å²) in [4.78, 5) is 8.76. The Morgan fingerprint density at radius 1 is 1.37 bits per heavy atom. The zero-order valence-corrected chi connectivity index (χ0v) is 12.2. The summed E-state index contributed by atoms with van der Waals surface area (Å²) in [5.74, 6) is 1.42. The molecule has 2 aromatic rings. The van der Waals surface area contributed by atoms with Gasteiger partial charge in [0, 0.05) is 25.1 Å². The summed E-state index contributed by atoms with van der Waals surface area (Å²) in [5.41, 5.74) is 0.846. The van der Waals surface area contributed by atoms with Gasteiger partial charge in [-0.3, -0.25) is 0 Å². The van der Waals surface area contributed by atoms with Crippen LogP contribution in [0.2, 0.25) is 0 Å². The molecule has 2 heterocycles. The molecule has 6 heteroatoms. The number of rotatable bonds is 3. The topological polar surface area (TPSA) is 62.5 Å². The first kappa shape index (κ1) is 12.9. The summed E-state index contributed by atoms with van der Waals surface area (Å²) in [6.07, 6.45) is 9.45. The van der Waals surface area contributed by atoms with E-state index in [-0.39, 0.29) is 6.10 Å². The van der Waals surface area contributed by atoms with Crippen LogP contribution in [-0.4, -0.2) is 32.1 Å². The van der Waals surface area contributed by atoms with Crippen LogP contribution in [0.1, 0.15) is 25.7 Å². The van der Waals surface area contributed by atoms with Gasteiger partial charge in [-0.25, -0.2) is 9.97 Å². The van der Waals surface area contributed by atoms with E-state index in [4.69, 9.17) is 0 Å². The molecule has 0 atom stereocenters. The molecule has 0 bridgehead atoms. The first-order chi connectivity index (χ1) is 9.22. The van der Waals surface area contributed by atoms with Crippen LogP contribution in [0.3, 0.4) is 0 Å². The summed E-state index contributed by atoms with van der Waals surface area (Å²) in [6.45, 7) is 0.888. The normalized spacial score (nSPS) is 23.7. The molecule has 1 aliphatic carbocycles. The average molecular weight is 325 g/mol. The van der Waals surface area contributed by atoms with E-state index in [9.17, 15) is 5.11 Å². The Labute approximate surface area is 120 Å². The maximum atomic E-state index is 9.51. The van der Waals surface area contributed by atoms with E-state index < -0.39 is 0 Å². The number of fused-ring (bicyclic) bond motifs is 1. The maximum Gasteiger partial charge on any atom is 0.180 e. The van der Waals surface area contributed by atoms with Crippen molar-refractivity contribution in [2.45, 2.75) is 31.8 Å². The minimum absolute atomic E-state index is 0.0979. The molecule has 5 nitrogen and oxygen atoms in total. The van der Waals surface area contributed by atoms with Crippen LogP contribution >= 0.6 is 15.9 Å². The maximum absolute atomic E-state index is 9.51. The molecule has 0 amide bonds. The molecule has 1 fully saturated rings. The average Bonchev–Trinajstić information content (AvgIpc) is 2.85. The van der Waals surface area contributed by atoms with E-state index in [1.165, 1.54) is 0 Å². The quantitative estimate of drug-likeness (QED) is 0.910. The van der Waals surface area contributed by atoms with Gasteiger partial charge in [-0.1, -0.05) is 0 Å². The van der Waals surface area contributed by atoms with E-state index in [1.54, 1.807) is 6.20 Å². The fourth-order valence-electron chi connectivity index (χ4n) is 2.61. The summed E-state index contributed by atoms with van der Waals surface area (Å²) < 4.78 is 2.74. The third kappa shape index (κ3) is 2.90. The third-order valence-corrected chi connectivity index (χ3v) is 4.10. The van der Waals surface area contributed by atoms with Gasteiger partial charge in [-0.15, -0.1) is 0 Å². The zero-order chi connectivity index (χ0) is 13.2. The van der Waals surface area contributed by atoms with Crippen molar-refractivity contribution in [2.24, 2.45) is 5.92 Å². The van der Waals surface area contributed by atoms with Gasteiger partial charge >= 0.3 is 0 Å².